The van der Waals surface area contributed by atoms with Crippen molar-refractivity contribution >= 4 is 0 Å². The van der Waals surface area contributed by atoms with E-state index < -0.39 is 0 Å². The molecule has 1 aromatic carbocycles. The van der Waals surface area contributed by atoms with Crippen molar-refractivity contribution in [3.05, 3.63) is 52.2 Å². The average Bonchev–Trinajstić information content (AvgIpc) is 2.80. The van der Waals surface area contributed by atoms with E-state index in [0.29, 0.717) is 5.92 Å². The third-order valence-electron chi connectivity index (χ3n) is 4.10. The molecule has 2 aromatic rings. The molecule has 3 rings (SSSR count). The van der Waals surface area contributed by atoms with Crippen molar-refractivity contribution < 1.29 is 0 Å². The fraction of sp³-hybridized carbons (Fsp3) is 0.438. The highest BCUT2D eigenvalue weighted by atomic mass is 16.1. The van der Waals surface area contributed by atoms with Gasteiger partial charge < -0.3 is 10.3 Å². The van der Waals surface area contributed by atoms with Crippen LogP contribution >= 0.6 is 0 Å². The maximum absolute atomic E-state index is 12.0. The highest BCUT2D eigenvalue weighted by molar-refractivity contribution is 5.42. The lowest BCUT2D eigenvalue weighted by Crippen LogP contribution is -2.31. The monoisotopic (exact) mass is 271 g/mol. The lowest BCUT2D eigenvalue weighted by molar-refractivity contribution is 0.376. The number of aromatic nitrogens is 2. The zero-order valence-electron chi connectivity index (χ0n) is 11.9. The first-order valence-corrected chi connectivity index (χ1v) is 7.32. The second-order valence-corrected chi connectivity index (χ2v) is 5.62. The molecule has 0 bridgehead atoms. The third-order valence-corrected chi connectivity index (χ3v) is 4.10. The van der Waals surface area contributed by atoms with E-state index in [0.717, 1.165) is 30.9 Å². The normalized spacial score (nSPS) is 19.1. The van der Waals surface area contributed by atoms with Gasteiger partial charge in [-0.2, -0.15) is 0 Å². The molecule has 106 valence electrons. The molecule has 1 atom stereocenters. The second kappa shape index (κ2) is 5.67. The number of benzene rings is 1. The summed E-state index contributed by atoms with van der Waals surface area (Å²) >= 11 is 0. The minimum Gasteiger partial charge on any atom is -0.316 e. The Kier molecular flexibility index (Phi) is 3.74. The molecule has 1 fully saturated rings. The summed E-state index contributed by atoms with van der Waals surface area (Å²) < 4.78 is 1.77. The zero-order chi connectivity index (χ0) is 13.9. The number of aromatic amines is 1. The van der Waals surface area contributed by atoms with E-state index in [9.17, 15) is 4.79 Å². The van der Waals surface area contributed by atoms with Gasteiger partial charge in [-0.1, -0.05) is 18.2 Å². The number of hydrogen-bond acceptors (Lipinski definition) is 2. The summed E-state index contributed by atoms with van der Waals surface area (Å²) in [4.78, 5) is 14.7. The molecule has 1 aliphatic rings. The van der Waals surface area contributed by atoms with Gasteiger partial charge in [-0.3, -0.25) is 4.57 Å². The Balaban J connectivity index is 1.94. The topological polar surface area (TPSA) is 49.8 Å². The molecule has 0 amide bonds. The summed E-state index contributed by atoms with van der Waals surface area (Å²) in [5.74, 6) is 0.667. The van der Waals surface area contributed by atoms with Crippen LogP contribution < -0.4 is 11.0 Å². The number of aryl methyl sites for hydroxylation is 1. The molecule has 1 saturated heterocycles. The summed E-state index contributed by atoms with van der Waals surface area (Å²) in [7, 11) is 0. The van der Waals surface area contributed by atoms with E-state index in [1.165, 1.54) is 18.4 Å². The van der Waals surface area contributed by atoms with Crippen LogP contribution in [0.1, 0.15) is 24.1 Å². The third kappa shape index (κ3) is 2.56. The SMILES string of the molecule is Cc1c[nH]c(=O)n1-c1ccccc1CC1CCCNC1. The Labute approximate surface area is 118 Å². The van der Waals surface area contributed by atoms with E-state index in [-0.39, 0.29) is 5.69 Å². The van der Waals surface area contributed by atoms with Crippen LogP contribution in [0.5, 0.6) is 0 Å². The van der Waals surface area contributed by atoms with Gasteiger partial charge in [0, 0.05) is 11.9 Å². The second-order valence-electron chi connectivity index (χ2n) is 5.62. The molecule has 20 heavy (non-hydrogen) atoms. The van der Waals surface area contributed by atoms with Gasteiger partial charge >= 0.3 is 5.69 Å². The predicted molar refractivity (Wildman–Crippen MR) is 80.4 cm³/mol. The molecule has 0 radical (unpaired) electrons. The van der Waals surface area contributed by atoms with Crippen molar-refractivity contribution in [2.24, 2.45) is 5.92 Å². The van der Waals surface area contributed by atoms with Crippen molar-refractivity contribution in [1.29, 1.82) is 0 Å². The van der Waals surface area contributed by atoms with E-state index >= 15 is 0 Å². The first-order valence-electron chi connectivity index (χ1n) is 7.32. The van der Waals surface area contributed by atoms with Gasteiger partial charge in [0.05, 0.1) is 5.69 Å². The molecule has 4 nitrogen and oxygen atoms in total. The minimum atomic E-state index is -0.0586. The molecule has 1 aliphatic heterocycles. The molecule has 1 unspecified atom stereocenters. The Bertz CT molecular complexity index is 635. The van der Waals surface area contributed by atoms with Crippen LogP contribution in [-0.2, 0) is 6.42 Å². The van der Waals surface area contributed by atoms with Crippen molar-refractivity contribution in [2.75, 3.05) is 13.1 Å². The number of nitrogens with zero attached hydrogens (tertiary/aromatic N) is 1. The number of imidazole rings is 1. The highest BCUT2D eigenvalue weighted by Gasteiger charge is 2.16. The Morgan fingerprint density at radius 2 is 2.20 bits per heavy atom. The van der Waals surface area contributed by atoms with Crippen molar-refractivity contribution in [3.63, 3.8) is 0 Å². The van der Waals surface area contributed by atoms with Gasteiger partial charge in [0.25, 0.3) is 0 Å². The summed E-state index contributed by atoms with van der Waals surface area (Å²) in [6, 6.07) is 8.23. The van der Waals surface area contributed by atoms with E-state index in [4.69, 9.17) is 0 Å². The fourth-order valence-electron chi connectivity index (χ4n) is 3.07. The smallest absolute Gasteiger partial charge is 0.316 e. The molecular weight excluding hydrogens is 250 g/mol. The largest absolute Gasteiger partial charge is 0.330 e. The van der Waals surface area contributed by atoms with E-state index in [1.54, 1.807) is 10.8 Å². The van der Waals surface area contributed by atoms with Gasteiger partial charge in [0.1, 0.15) is 0 Å². The first-order chi connectivity index (χ1) is 9.75. The maximum Gasteiger partial charge on any atom is 0.330 e. The summed E-state index contributed by atoms with van der Waals surface area (Å²) in [5.41, 5.74) is 3.16. The predicted octanol–water partition coefficient (Wildman–Crippen LogP) is 2.02. The molecule has 2 heterocycles. The van der Waals surface area contributed by atoms with Gasteiger partial charge in [-0.05, 0) is 56.8 Å². The number of piperidine rings is 1. The van der Waals surface area contributed by atoms with Crippen molar-refractivity contribution in [1.82, 2.24) is 14.9 Å². The van der Waals surface area contributed by atoms with Crippen LogP contribution in [0.4, 0.5) is 0 Å². The van der Waals surface area contributed by atoms with E-state index in [2.05, 4.69) is 22.4 Å². The molecule has 0 aliphatic carbocycles. The number of hydrogen-bond donors (Lipinski definition) is 2. The molecule has 0 saturated carbocycles. The van der Waals surface area contributed by atoms with Crippen LogP contribution in [0.3, 0.4) is 0 Å². The molecule has 0 spiro atoms. The number of para-hydroxylation sites is 1. The van der Waals surface area contributed by atoms with Gasteiger partial charge in [-0.25, -0.2) is 4.79 Å². The fourth-order valence-corrected chi connectivity index (χ4v) is 3.07. The van der Waals surface area contributed by atoms with Gasteiger partial charge in [0.15, 0.2) is 0 Å². The Morgan fingerprint density at radius 3 is 2.90 bits per heavy atom. The quantitative estimate of drug-likeness (QED) is 0.897. The van der Waals surface area contributed by atoms with Crippen LogP contribution in [0.25, 0.3) is 5.69 Å². The van der Waals surface area contributed by atoms with Gasteiger partial charge in [0.2, 0.25) is 0 Å². The summed E-state index contributed by atoms with van der Waals surface area (Å²) in [5, 5.41) is 3.46. The number of rotatable bonds is 3. The first kappa shape index (κ1) is 13.2. The number of nitrogens with one attached hydrogen (secondary N) is 2. The van der Waals surface area contributed by atoms with Gasteiger partial charge in [-0.15, -0.1) is 0 Å². The summed E-state index contributed by atoms with van der Waals surface area (Å²) in [6.45, 7) is 4.17. The van der Waals surface area contributed by atoms with Crippen LogP contribution in [0.2, 0.25) is 0 Å². The maximum atomic E-state index is 12.0. The van der Waals surface area contributed by atoms with Crippen LogP contribution in [-0.4, -0.2) is 22.6 Å². The van der Waals surface area contributed by atoms with Crippen LogP contribution in [0.15, 0.2) is 35.3 Å². The lowest BCUT2D eigenvalue weighted by Gasteiger charge is -2.23. The van der Waals surface area contributed by atoms with Crippen molar-refractivity contribution in [2.45, 2.75) is 26.2 Å². The standard InChI is InChI=1S/C16H21N3O/c1-12-10-18-16(20)19(12)15-7-3-2-6-14(15)9-13-5-4-8-17-11-13/h2-3,6-7,10,13,17H,4-5,8-9,11H2,1H3,(H,18,20). The number of H-pyrrole nitrogens is 1. The summed E-state index contributed by atoms with van der Waals surface area (Å²) in [6.07, 6.45) is 5.31. The minimum absolute atomic E-state index is 0.0586. The molecule has 1 aromatic heterocycles. The van der Waals surface area contributed by atoms with E-state index in [1.807, 2.05) is 19.1 Å². The Morgan fingerprint density at radius 1 is 1.35 bits per heavy atom. The molecule has 2 N–H and O–H groups in total. The highest BCUT2D eigenvalue weighted by Crippen LogP contribution is 2.21. The molecule has 4 heteroatoms. The molecular formula is C16H21N3O. The van der Waals surface area contributed by atoms with Crippen molar-refractivity contribution in [3.8, 4) is 5.69 Å². The Hall–Kier alpha value is -1.81. The lowest BCUT2D eigenvalue weighted by atomic mass is 9.91. The van der Waals surface area contributed by atoms with Crippen LogP contribution in [0, 0.1) is 12.8 Å². The zero-order valence-corrected chi connectivity index (χ0v) is 11.9. The average molecular weight is 271 g/mol.